The Hall–Kier alpha value is -0.0800. The molecule has 0 aromatic carbocycles. The first-order valence-corrected chi connectivity index (χ1v) is 6.72. The van der Waals surface area contributed by atoms with Crippen molar-refractivity contribution in [2.75, 3.05) is 13.1 Å². The van der Waals surface area contributed by atoms with E-state index in [0.717, 1.165) is 23.9 Å². The van der Waals surface area contributed by atoms with E-state index in [0.29, 0.717) is 0 Å². The number of nitrogens with one attached hydrogen (secondary N) is 2. The Bertz CT molecular complexity index is 185. The van der Waals surface area contributed by atoms with Crippen molar-refractivity contribution in [1.29, 1.82) is 0 Å². The van der Waals surface area contributed by atoms with E-state index in [2.05, 4.69) is 24.5 Å². The Morgan fingerprint density at radius 1 is 1.00 bits per heavy atom. The van der Waals surface area contributed by atoms with Gasteiger partial charge in [0.05, 0.1) is 0 Å². The van der Waals surface area contributed by atoms with Gasteiger partial charge in [-0.3, -0.25) is 0 Å². The van der Waals surface area contributed by atoms with Crippen molar-refractivity contribution in [2.24, 2.45) is 11.8 Å². The van der Waals surface area contributed by atoms with E-state index in [1.807, 2.05) is 0 Å². The molecule has 1 saturated carbocycles. The highest BCUT2D eigenvalue weighted by molar-refractivity contribution is 4.85. The van der Waals surface area contributed by atoms with Crippen LogP contribution in [0.3, 0.4) is 0 Å². The van der Waals surface area contributed by atoms with Crippen LogP contribution in [-0.2, 0) is 0 Å². The molecule has 88 valence electrons. The van der Waals surface area contributed by atoms with Gasteiger partial charge in [-0.25, -0.2) is 0 Å². The van der Waals surface area contributed by atoms with Gasteiger partial charge < -0.3 is 10.6 Å². The molecule has 15 heavy (non-hydrogen) atoms. The summed E-state index contributed by atoms with van der Waals surface area (Å²) in [5.74, 6) is 1.77. The SMILES string of the molecule is CC1CCC(NC2CCNCC2C)CC1. The van der Waals surface area contributed by atoms with E-state index in [1.165, 1.54) is 45.2 Å². The van der Waals surface area contributed by atoms with Crippen LogP contribution in [0.15, 0.2) is 0 Å². The molecule has 2 heteroatoms. The van der Waals surface area contributed by atoms with Gasteiger partial charge in [-0.1, -0.05) is 13.8 Å². The normalized spacial score (nSPS) is 42.8. The minimum absolute atomic E-state index is 0.768. The van der Waals surface area contributed by atoms with E-state index < -0.39 is 0 Å². The smallest absolute Gasteiger partial charge is 0.0119 e. The maximum absolute atomic E-state index is 3.89. The molecular weight excluding hydrogens is 184 g/mol. The summed E-state index contributed by atoms with van der Waals surface area (Å²) in [5.41, 5.74) is 0. The molecule has 1 saturated heterocycles. The van der Waals surface area contributed by atoms with Crippen molar-refractivity contribution in [2.45, 2.75) is 58.0 Å². The molecule has 0 amide bonds. The Labute approximate surface area is 94.2 Å². The first-order valence-electron chi connectivity index (χ1n) is 6.72. The summed E-state index contributed by atoms with van der Waals surface area (Å²) in [6.45, 7) is 7.16. The highest BCUT2D eigenvalue weighted by atomic mass is 15.0. The Morgan fingerprint density at radius 2 is 1.73 bits per heavy atom. The van der Waals surface area contributed by atoms with Gasteiger partial charge in [0.25, 0.3) is 0 Å². The van der Waals surface area contributed by atoms with Crippen molar-refractivity contribution in [3.8, 4) is 0 Å². The van der Waals surface area contributed by atoms with Gasteiger partial charge in [-0.15, -0.1) is 0 Å². The highest BCUT2D eigenvalue weighted by Gasteiger charge is 2.25. The van der Waals surface area contributed by atoms with Crippen molar-refractivity contribution < 1.29 is 0 Å². The minimum Gasteiger partial charge on any atom is -0.316 e. The Kier molecular flexibility index (Phi) is 4.04. The number of hydrogen-bond donors (Lipinski definition) is 2. The molecule has 2 N–H and O–H groups in total. The third-order valence-electron chi connectivity index (χ3n) is 4.25. The monoisotopic (exact) mass is 210 g/mol. The first-order chi connectivity index (χ1) is 7.25. The molecule has 1 heterocycles. The lowest BCUT2D eigenvalue weighted by atomic mass is 9.85. The molecule has 2 atom stereocenters. The summed E-state index contributed by atoms with van der Waals surface area (Å²) < 4.78 is 0. The maximum atomic E-state index is 3.89. The molecule has 0 aromatic heterocycles. The fraction of sp³-hybridized carbons (Fsp3) is 1.00. The van der Waals surface area contributed by atoms with Gasteiger partial charge in [0, 0.05) is 12.1 Å². The summed E-state index contributed by atoms with van der Waals surface area (Å²) in [6.07, 6.45) is 6.97. The largest absolute Gasteiger partial charge is 0.316 e. The van der Waals surface area contributed by atoms with Gasteiger partial charge in [-0.05, 0) is 57.0 Å². The summed E-state index contributed by atoms with van der Waals surface area (Å²) >= 11 is 0. The predicted molar refractivity (Wildman–Crippen MR) is 65.0 cm³/mol. The van der Waals surface area contributed by atoms with Gasteiger partial charge >= 0.3 is 0 Å². The van der Waals surface area contributed by atoms with E-state index >= 15 is 0 Å². The molecule has 0 radical (unpaired) electrons. The predicted octanol–water partition coefficient (Wildman–Crippen LogP) is 2.15. The molecule has 2 unspecified atom stereocenters. The molecule has 1 aliphatic carbocycles. The number of rotatable bonds is 2. The van der Waals surface area contributed by atoms with E-state index in [4.69, 9.17) is 0 Å². The number of piperidine rings is 1. The van der Waals surface area contributed by atoms with E-state index in [1.54, 1.807) is 0 Å². The van der Waals surface area contributed by atoms with Crippen LogP contribution in [0.5, 0.6) is 0 Å². The third kappa shape index (κ3) is 3.18. The number of hydrogen-bond acceptors (Lipinski definition) is 2. The molecular formula is C13H26N2. The van der Waals surface area contributed by atoms with Crippen molar-refractivity contribution in [3.05, 3.63) is 0 Å². The second-order valence-corrected chi connectivity index (χ2v) is 5.70. The molecule has 1 aliphatic heterocycles. The molecule has 0 bridgehead atoms. The first kappa shape index (κ1) is 11.4. The lowest BCUT2D eigenvalue weighted by Gasteiger charge is -2.36. The zero-order chi connectivity index (χ0) is 10.7. The van der Waals surface area contributed by atoms with Gasteiger partial charge in [0.1, 0.15) is 0 Å². The van der Waals surface area contributed by atoms with Crippen LogP contribution in [0, 0.1) is 11.8 Å². The van der Waals surface area contributed by atoms with E-state index in [9.17, 15) is 0 Å². The van der Waals surface area contributed by atoms with E-state index in [-0.39, 0.29) is 0 Å². The van der Waals surface area contributed by atoms with Crippen LogP contribution in [0.1, 0.15) is 46.0 Å². The highest BCUT2D eigenvalue weighted by Crippen LogP contribution is 2.25. The lowest BCUT2D eigenvalue weighted by molar-refractivity contribution is 0.228. The van der Waals surface area contributed by atoms with Gasteiger partial charge in [-0.2, -0.15) is 0 Å². The van der Waals surface area contributed by atoms with Crippen LogP contribution >= 0.6 is 0 Å². The summed E-state index contributed by atoms with van der Waals surface area (Å²) in [4.78, 5) is 0. The van der Waals surface area contributed by atoms with Crippen LogP contribution in [-0.4, -0.2) is 25.2 Å². The molecule has 2 nitrogen and oxygen atoms in total. The van der Waals surface area contributed by atoms with Crippen molar-refractivity contribution in [3.63, 3.8) is 0 Å². The molecule has 0 aromatic rings. The molecule has 2 aliphatic rings. The fourth-order valence-corrected chi connectivity index (χ4v) is 2.99. The van der Waals surface area contributed by atoms with Crippen LogP contribution in [0.25, 0.3) is 0 Å². The van der Waals surface area contributed by atoms with Crippen molar-refractivity contribution in [1.82, 2.24) is 10.6 Å². The maximum Gasteiger partial charge on any atom is 0.0119 e. The quantitative estimate of drug-likeness (QED) is 0.730. The standard InChI is InChI=1S/C13H26N2/c1-10-3-5-12(6-4-10)15-13-7-8-14-9-11(13)2/h10-15H,3-9H2,1-2H3. The summed E-state index contributed by atoms with van der Waals surface area (Å²) in [6, 6.07) is 1.58. The van der Waals surface area contributed by atoms with Crippen LogP contribution in [0.4, 0.5) is 0 Å². The third-order valence-corrected chi connectivity index (χ3v) is 4.25. The average Bonchev–Trinajstić information content (AvgIpc) is 2.25. The molecule has 2 fully saturated rings. The second kappa shape index (κ2) is 5.31. The zero-order valence-corrected chi connectivity index (χ0v) is 10.3. The van der Waals surface area contributed by atoms with Crippen LogP contribution in [0.2, 0.25) is 0 Å². The van der Waals surface area contributed by atoms with Crippen molar-refractivity contribution >= 4 is 0 Å². The zero-order valence-electron chi connectivity index (χ0n) is 10.3. The minimum atomic E-state index is 0.768. The van der Waals surface area contributed by atoms with Gasteiger partial charge in [0.2, 0.25) is 0 Å². The Morgan fingerprint density at radius 3 is 2.40 bits per heavy atom. The molecule has 2 rings (SSSR count). The lowest BCUT2D eigenvalue weighted by Crippen LogP contribution is -2.50. The van der Waals surface area contributed by atoms with Gasteiger partial charge in [0.15, 0.2) is 0 Å². The fourth-order valence-electron chi connectivity index (χ4n) is 2.99. The second-order valence-electron chi connectivity index (χ2n) is 5.70. The topological polar surface area (TPSA) is 24.1 Å². The summed E-state index contributed by atoms with van der Waals surface area (Å²) in [5, 5.41) is 7.36. The Balaban J connectivity index is 1.75. The van der Waals surface area contributed by atoms with Crippen LogP contribution < -0.4 is 10.6 Å². The molecule has 0 spiro atoms. The average molecular weight is 210 g/mol. The summed E-state index contributed by atoms with van der Waals surface area (Å²) in [7, 11) is 0.